The first-order valence-electron chi connectivity index (χ1n) is 7.66. The Kier molecular flexibility index (Phi) is 4.38. The smallest absolute Gasteiger partial charge is 0.260 e. The molecule has 0 aliphatic rings. The van der Waals surface area contributed by atoms with Crippen molar-refractivity contribution in [2.24, 2.45) is 0 Å². The molecule has 2 aromatic heterocycles. The van der Waals surface area contributed by atoms with Gasteiger partial charge < -0.3 is 4.42 Å². The Morgan fingerprint density at radius 2 is 1.96 bits per heavy atom. The number of thiazole rings is 1. The predicted molar refractivity (Wildman–Crippen MR) is 103 cm³/mol. The molecule has 2 heterocycles. The number of hydrogen-bond acceptors (Lipinski definition) is 4. The number of carbonyl (C=O) groups excluding carboxylic acids is 1. The molecule has 0 saturated carbocycles. The number of rotatable bonds is 4. The monoisotopic (exact) mass is 412 g/mol. The third-order valence-corrected chi connectivity index (χ3v) is 5.26. The van der Waals surface area contributed by atoms with E-state index >= 15 is 0 Å². The molecule has 4 rings (SSSR count). The number of fused-ring (bicyclic) bond motifs is 1. The van der Waals surface area contributed by atoms with E-state index in [2.05, 4.69) is 20.9 Å². The molecule has 0 spiro atoms. The van der Waals surface area contributed by atoms with E-state index in [-0.39, 0.29) is 5.91 Å². The van der Waals surface area contributed by atoms with Gasteiger partial charge in [0.2, 0.25) is 0 Å². The maximum absolute atomic E-state index is 13.1. The van der Waals surface area contributed by atoms with Crippen LogP contribution >= 0.6 is 27.3 Å². The van der Waals surface area contributed by atoms with Crippen LogP contribution in [0, 0.1) is 0 Å². The topological polar surface area (TPSA) is 46.3 Å². The lowest BCUT2D eigenvalue weighted by molar-refractivity contribution is 0.0983. The first-order chi connectivity index (χ1) is 12.2. The van der Waals surface area contributed by atoms with Crippen LogP contribution in [0.5, 0.6) is 0 Å². The number of aromatic nitrogens is 1. The van der Waals surface area contributed by atoms with Gasteiger partial charge in [0.15, 0.2) is 5.13 Å². The van der Waals surface area contributed by atoms with Crippen molar-refractivity contribution in [2.75, 3.05) is 4.90 Å². The largest absolute Gasteiger partial charge is 0.467 e. The molecule has 25 heavy (non-hydrogen) atoms. The number of halogens is 1. The molecule has 0 saturated heterocycles. The van der Waals surface area contributed by atoms with Crippen molar-refractivity contribution >= 4 is 48.5 Å². The van der Waals surface area contributed by atoms with E-state index < -0.39 is 0 Å². The number of benzene rings is 2. The zero-order valence-corrected chi connectivity index (χ0v) is 15.5. The molecule has 6 heteroatoms. The van der Waals surface area contributed by atoms with Crippen LogP contribution < -0.4 is 4.90 Å². The number of hydrogen-bond donors (Lipinski definition) is 0. The lowest BCUT2D eigenvalue weighted by atomic mass is 10.2. The highest BCUT2D eigenvalue weighted by molar-refractivity contribution is 9.10. The molecule has 0 aliphatic heterocycles. The first kappa shape index (κ1) is 16.1. The van der Waals surface area contributed by atoms with E-state index in [0.29, 0.717) is 23.0 Å². The lowest BCUT2D eigenvalue weighted by Gasteiger charge is -2.18. The van der Waals surface area contributed by atoms with E-state index in [9.17, 15) is 4.79 Å². The maximum Gasteiger partial charge on any atom is 0.260 e. The predicted octanol–water partition coefficient (Wildman–Crippen LogP) is 5.50. The van der Waals surface area contributed by atoms with Crippen LogP contribution in [0.15, 0.2) is 75.8 Å². The third-order valence-electron chi connectivity index (χ3n) is 3.73. The van der Waals surface area contributed by atoms with E-state index in [0.717, 1.165) is 14.7 Å². The van der Waals surface area contributed by atoms with Crippen molar-refractivity contribution in [2.45, 2.75) is 6.54 Å². The summed E-state index contributed by atoms with van der Waals surface area (Å²) in [5.74, 6) is 0.611. The van der Waals surface area contributed by atoms with Gasteiger partial charge in [-0.25, -0.2) is 4.98 Å². The van der Waals surface area contributed by atoms with Gasteiger partial charge in [-0.05, 0) is 42.5 Å². The Hall–Kier alpha value is -2.44. The summed E-state index contributed by atoms with van der Waals surface area (Å²) in [6.07, 6.45) is 1.61. The second kappa shape index (κ2) is 6.82. The van der Waals surface area contributed by atoms with Crippen molar-refractivity contribution in [1.82, 2.24) is 4.98 Å². The van der Waals surface area contributed by atoms with Gasteiger partial charge in [0.05, 0.1) is 23.0 Å². The minimum Gasteiger partial charge on any atom is -0.467 e. The lowest BCUT2D eigenvalue weighted by Crippen LogP contribution is -2.30. The fourth-order valence-electron chi connectivity index (χ4n) is 2.52. The molecular weight excluding hydrogens is 400 g/mol. The molecule has 4 aromatic rings. The summed E-state index contributed by atoms with van der Waals surface area (Å²) in [5.41, 5.74) is 1.49. The molecule has 2 aromatic carbocycles. The highest BCUT2D eigenvalue weighted by Crippen LogP contribution is 2.32. The molecular formula is C19H13BrN2O2S. The van der Waals surface area contributed by atoms with E-state index in [1.54, 1.807) is 23.3 Å². The Morgan fingerprint density at radius 1 is 1.12 bits per heavy atom. The molecule has 0 bridgehead atoms. The van der Waals surface area contributed by atoms with E-state index in [4.69, 9.17) is 4.42 Å². The van der Waals surface area contributed by atoms with Crippen LogP contribution in [0.25, 0.3) is 10.2 Å². The zero-order chi connectivity index (χ0) is 17.2. The first-order valence-corrected chi connectivity index (χ1v) is 9.27. The zero-order valence-electron chi connectivity index (χ0n) is 13.1. The molecule has 124 valence electrons. The summed E-state index contributed by atoms with van der Waals surface area (Å²) in [4.78, 5) is 19.4. The van der Waals surface area contributed by atoms with Gasteiger partial charge in [0.25, 0.3) is 5.91 Å². The van der Waals surface area contributed by atoms with Gasteiger partial charge >= 0.3 is 0 Å². The Balaban J connectivity index is 1.77. The quantitative estimate of drug-likeness (QED) is 0.444. The third kappa shape index (κ3) is 3.36. The number of nitrogens with zero attached hydrogens (tertiary/aromatic N) is 2. The van der Waals surface area contributed by atoms with Gasteiger partial charge in [-0.3, -0.25) is 9.69 Å². The summed E-state index contributed by atoms with van der Waals surface area (Å²) in [6.45, 7) is 0.335. The molecule has 0 aliphatic carbocycles. The summed E-state index contributed by atoms with van der Waals surface area (Å²) >= 11 is 4.96. The van der Waals surface area contributed by atoms with Crippen molar-refractivity contribution in [3.8, 4) is 0 Å². The number of anilines is 1. The maximum atomic E-state index is 13.1. The van der Waals surface area contributed by atoms with Gasteiger partial charge in [-0.15, -0.1) is 0 Å². The average molecular weight is 413 g/mol. The van der Waals surface area contributed by atoms with E-state index in [1.165, 1.54) is 11.3 Å². The number of furan rings is 1. The highest BCUT2D eigenvalue weighted by atomic mass is 79.9. The summed E-state index contributed by atoms with van der Waals surface area (Å²) in [5, 5.41) is 0.651. The Morgan fingerprint density at radius 3 is 2.72 bits per heavy atom. The molecule has 4 nitrogen and oxygen atoms in total. The SMILES string of the molecule is O=C(c1ccccc1)N(Cc1ccco1)c1nc2ccc(Br)cc2s1. The minimum absolute atomic E-state index is 0.102. The van der Waals surface area contributed by atoms with Crippen molar-refractivity contribution in [3.63, 3.8) is 0 Å². The number of carbonyl (C=O) groups is 1. The minimum atomic E-state index is -0.102. The van der Waals surface area contributed by atoms with Gasteiger partial charge in [-0.1, -0.05) is 45.5 Å². The molecule has 1 amide bonds. The van der Waals surface area contributed by atoms with Gasteiger partial charge in [0.1, 0.15) is 5.76 Å². The van der Waals surface area contributed by atoms with Crippen LogP contribution in [0.2, 0.25) is 0 Å². The van der Waals surface area contributed by atoms with E-state index in [1.807, 2.05) is 48.5 Å². The molecule has 0 atom stereocenters. The van der Waals surface area contributed by atoms with Gasteiger partial charge in [0, 0.05) is 10.0 Å². The summed E-state index contributed by atoms with van der Waals surface area (Å²) in [7, 11) is 0. The Bertz CT molecular complexity index is 1010. The molecule has 0 unspecified atom stereocenters. The van der Waals surface area contributed by atoms with Crippen LogP contribution in [0.4, 0.5) is 5.13 Å². The number of amides is 1. The second-order valence-corrected chi connectivity index (χ2v) is 7.37. The normalized spacial score (nSPS) is 10.9. The van der Waals surface area contributed by atoms with Crippen LogP contribution in [0.1, 0.15) is 16.1 Å². The fraction of sp³-hybridized carbons (Fsp3) is 0.0526. The van der Waals surface area contributed by atoms with Crippen LogP contribution in [-0.2, 0) is 6.54 Å². The fourth-order valence-corrected chi connectivity index (χ4v) is 4.04. The summed E-state index contributed by atoms with van der Waals surface area (Å²) in [6, 6.07) is 18.8. The standard InChI is InChI=1S/C19H13BrN2O2S/c20-14-8-9-16-17(11-14)25-19(21-16)22(12-15-7-4-10-24-15)18(23)13-5-2-1-3-6-13/h1-11H,12H2. The van der Waals surface area contributed by atoms with Gasteiger partial charge in [-0.2, -0.15) is 0 Å². The Labute approximate surface area is 156 Å². The average Bonchev–Trinajstić information content (AvgIpc) is 3.28. The molecule has 0 N–H and O–H groups in total. The van der Waals surface area contributed by atoms with Crippen molar-refractivity contribution in [3.05, 3.63) is 82.7 Å². The molecule has 0 radical (unpaired) electrons. The van der Waals surface area contributed by atoms with Crippen molar-refractivity contribution < 1.29 is 9.21 Å². The van der Waals surface area contributed by atoms with Crippen LogP contribution in [0.3, 0.4) is 0 Å². The summed E-state index contributed by atoms with van der Waals surface area (Å²) < 4.78 is 7.45. The highest BCUT2D eigenvalue weighted by Gasteiger charge is 2.22. The van der Waals surface area contributed by atoms with Crippen LogP contribution in [-0.4, -0.2) is 10.9 Å². The van der Waals surface area contributed by atoms with Crippen molar-refractivity contribution in [1.29, 1.82) is 0 Å². The second-order valence-electron chi connectivity index (χ2n) is 5.45. The molecule has 0 fully saturated rings.